The van der Waals surface area contributed by atoms with E-state index >= 15 is 0 Å². The van der Waals surface area contributed by atoms with Crippen molar-refractivity contribution in [3.05, 3.63) is 38.9 Å². The van der Waals surface area contributed by atoms with Crippen LogP contribution in [0.2, 0.25) is 0 Å². The zero-order chi connectivity index (χ0) is 12.4. The van der Waals surface area contributed by atoms with Crippen molar-refractivity contribution in [1.29, 1.82) is 0 Å². The van der Waals surface area contributed by atoms with Gasteiger partial charge in [0.2, 0.25) is 0 Å². The van der Waals surface area contributed by atoms with Gasteiger partial charge >= 0.3 is 5.97 Å². The zero-order valence-corrected chi connectivity index (χ0v) is 10.5. The smallest absolute Gasteiger partial charge is 0.345 e. The fraction of sp³-hybridized carbons (Fsp3) is 0.0909. The Morgan fingerprint density at radius 1 is 1.29 bits per heavy atom. The van der Waals surface area contributed by atoms with Crippen LogP contribution in [0.4, 0.5) is 5.00 Å². The number of amides is 1. The van der Waals surface area contributed by atoms with Crippen LogP contribution in [0.5, 0.6) is 0 Å². The van der Waals surface area contributed by atoms with E-state index in [0.717, 1.165) is 16.9 Å². The highest BCUT2D eigenvalue weighted by atomic mass is 32.1. The maximum atomic E-state index is 11.8. The Balaban J connectivity index is 2.13. The standard InChI is InChI=1S/C11H9NO3S2/c1-6-4-5-16-9(6)10(13)12-8-3-2-7(17-8)11(14)15/h2-5H,1H3,(H,12,13)(H,14,15). The highest BCUT2D eigenvalue weighted by Crippen LogP contribution is 2.24. The molecule has 0 atom stereocenters. The van der Waals surface area contributed by atoms with Crippen molar-refractivity contribution in [2.24, 2.45) is 0 Å². The van der Waals surface area contributed by atoms with Crippen molar-refractivity contribution in [1.82, 2.24) is 0 Å². The molecule has 1 amide bonds. The number of thiophene rings is 2. The SMILES string of the molecule is Cc1ccsc1C(=O)Nc1ccc(C(=O)O)s1. The van der Waals surface area contributed by atoms with Gasteiger partial charge in [-0.25, -0.2) is 4.79 Å². The number of hydrogen-bond donors (Lipinski definition) is 2. The Morgan fingerprint density at radius 3 is 2.59 bits per heavy atom. The Morgan fingerprint density at radius 2 is 2.06 bits per heavy atom. The molecule has 17 heavy (non-hydrogen) atoms. The summed E-state index contributed by atoms with van der Waals surface area (Å²) in [5.41, 5.74) is 0.919. The second-order valence-electron chi connectivity index (χ2n) is 3.36. The second kappa shape index (κ2) is 4.68. The second-order valence-corrected chi connectivity index (χ2v) is 5.36. The van der Waals surface area contributed by atoms with Crippen molar-refractivity contribution in [3.63, 3.8) is 0 Å². The van der Waals surface area contributed by atoms with Crippen LogP contribution in [0.15, 0.2) is 23.6 Å². The van der Waals surface area contributed by atoms with E-state index in [1.165, 1.54) is 17.4 Å². The summed E-state index contributed by atoms with van der Waals surface area (Å²) in [6, 6.07) is 4.94. The molecule has 2 aromatic heterocycles. The van der Waals surface area contributed by atoms with Gasteiger partial charge in [-0.15, -0.1) is 22.7 Å². The zero-order valence-electron chi connectivity index (χ0n) is 8.89. The van der Waals surface area contributed by atoms with Gasteiger partial charge in [0.25, 0.3) is 5.91 Å². The number of carbonyl (C=O) groups excluding carboxylic acids is 1. The summed E-state index contributed by atoms with van der Waals surface area (Å²) in [5, 5.41) is 13.8. The lowest BCUT2D eigenvalue weighted by Gasteiger charge is -2.00. The molecular formula is C11H9NO3S2. The molecule has 6 heteroatoms. The van der Waals surface area contributed by atoms with Crippen LogP contribution in [0.1, 0.15) is 24.9 Å². The molecule has 0 aliphatic carbocycles. The molecule has 0 bridgehead atoms. The molecule has 88 valence electrons. The normalized spacial score (nSPS) is 10.2. The predicted molar refractivity (Wildman–Crippen MR) is 68.3 cm³/mol. The molecule has 0 spiro atoms. The van der Waals surface area contributed by atoms with Crippen LogP contribution in [0, 0.1) is 6.92 Å². The first-order chi connectivity index (χ1) is 8.08. The number of carboxylic acid groups (broad SMARTS) is 1. The molecule has 0 aliphatic heterocycles. The van der Waals surface area contributed by atoms with Gasteiger partial charge in [0, 0.05) is 0 Å². The van der Waals surface area contributed by atoms with Gasteiger partial charge in [-0.1, -0.05) is 0 Å². The molecule has 0 saturated heterocycles. The average Bonchev–Trinajstić information content (AvgIpc) is 2.86. The minimum absolute atomic E-state index is 0.198. The van der Waals surface area contributed by atoms with E-state index < -0.39 is 5.97 Å². The van der Waals surface area contributed by atoms with Crippen LogP contribution in [-0.4, -0.2) is 17.0 Å². The fourth-order valence-corrected chi connectivity index (χ4v) is 2.85. The summed E-state index contributed by atoms with van der Waals surface area (Å²) in [4.78, 5) is 23.4. The van der Waals surface area contributed by atoms with Crippen molar-refractivity contribution in [2.75, 3.05) is 5.32 Å². The third-order valence-electron chi connectivity index (χ3n) is 2.12. The Bertz CT molecular complexity index is 571. The molecule has 0 fully saturated rings. The highest BCUT2D eigenvalue weighted by molar-refractivity contribution is 7.18. The van der Waals surface area contributed by atoms with Crippen molar-refractivity contribution in [2.45, 2.75) is 6.92 Å². The van der Waals surface area contributed by atoms with Crippen LogP contribution in [0.3, 0.4) is 0 Å². The van der Waals surface area contributed by atoms with E-state index in [9.17, 15) is 9.59 Å². The third kappa shape index (κ3) is 2.54. The number of carboxylic acids is 1. The summed E-state index contributed by atoms with van der Waals surface area (Å²) in [6.45, 7) is 1.86. The van der Waals surface area contributed by atoms with Gasteiger partial charge in [0.15, 0.2) is 0 Å². The first-order valence-corrected chi connectivity index (χ1v) is 6.46. The van der Waals surface area contributed by atoms with Crippen LogP contribution >= 0.6 is 22.7 Å². The lowest BCUT2D eigenvalue weighted by molar-refractivity contribution is 0.0702. The topological polar surface area (TPSA) is 66.4 Å². The maximum Gasteiger partial charge on any atom is 0.345 e. The average molecular weight is 267 g/mol. The number of aryl methyl sites for hydroxylation is 1. The van der Waals surface area contributed by atoms with E-state index in [2.05, 4.69) is 5.32 Å². The van der Waals surface area contributed by atoms with Crippen LogP contribution < -0.4 is 5.32 Å². The molecule has 2 rings (SSSR count). The summed E-state index contributed by atoms with van der Waals surface area (Å²) in [7, 11) is 0. The van der Waals surface area contributed by atoms with Gasteiger partial charge in [-0.2, -0.15) is 0 Å². The first-order valence-electron chi connectivity index (χ1n) is 4.76. The monoisotopic (exact) mass is 267 g/mol. The Hall–Kier alpha value is -1.66. The number of aromatic carboxylic acids is 1. The molecule has 0 aliphatic rings. The van der Waals surface area contributed by atoms with Gasteiger partial charge in [0.1, 0.15) is 4.88 Å². The summed E-state index contributed by atoms with van der Waals surface area (Å²) in [6.07, 6.45) is 0. The van der Waals surface area contributed by atoms with Gasteiger partial charge in [0.05, 0.1) is 9.88 Å². The molecule has 0 radical (unpaired) electrons. The van der Waals surface area contributed by atoms with Gasteiger partial charge in [-0.3, -0.25) is 4.79 Å². The third-order valence-corrected chi connectivity index (χ3v) is 4.13. The Labute approximate surface area is 106 Å². The van der Waals surface area contributed by atoms with Gasteiger partial charge in [-0.05, 0) is 36.1 Å². The first kappa shape index (κ1) is 11.8. The molecule has 4 nitrogen and oxygen atoms in total. The fourth-order valence-electron chi connectivity index (χ4n) is 1.29. The maximum absolute atomic E-state index is 11.8. The molecular weight excluding hydrogens is 258 g/mol. The highest BCUT2D eigenvalue weighted by Gasteiger charge is 2.13. The lowest BCUT2D eigenvalue weighted by Crippen LogP contribution is -2.10. The molecule has 2 N–H and O–H groups in total. The summed E-state index contributed by atoms with van der Waals surface area (Å²) in [5.74, 6) is -1.18. The summed E-state index contributed by atoms with van der Waals surface area (Å²) < 4.78 is 0. The largest absolute Gasteiger partial charge is 0.477 e. The lowest BCUT2D eigenvalue weighted by atomic mass is 10.3. The minimum atomic E-state index is -0.984. The predicted octanol–water partition coefficient (Wildman–Crippen LogP) is 3.07. The van der Waals surface area contributed by atoms with E-state index in [1.54, 1.807) is 6.07 Å². The van der Waals surface area contributed by atoms with Gasteiger partial charge < -0.3 is 10.4 Å². The molecule has 2 aromatic rings. The van der Waals surface area contributed by atoms with E-state index in [4.69, 9.17) is 5.11 Å². The quantitative estimate of drug-likeness (QED) is 0.898. The summed E-state index contributed by atoms with van der Waals surface area (Å²) >= 11 is 2.41. The number of carbonyl (C=O) groups is 2. The van der Waals surface area contributed by atoms with Crippen molar-refractivity contribution < 1.29 is 14.7 Å². The molecule has 2 heterocycles. The van der Waals surface area contributed by atoms with E-state index in [0.29, 0.717) is 9.88 Å². The minimum Gasteiger partial charge on any atom is -0.477 e. The number of hydrogen-bond acceptors (Lipinski definition) is 4. The van der Waals surface area contributed by atoms with Crippen molar-refractivity contribution >= 4 is 39.6 Å². The van der Waals surface area contributed by atoms with Crippen LogP contribution in [0.25, 0.3) is 0 Å². The number of rotatable bonds is 3. The molecule has 0 saturated carbocycles. The molecule has 0 aromatic carbocycles. The number of nitrogens with one attached hydrogen (secondary N) is 1. The van der Waals surface area contributed by atoms with E-state index in [1.807, 2.05) is 18.4 Å². The van der Waals surface area contributed by atoms with Crippen molar-refractivity contribution in [3.8, 4) is 0 Å². The Kier molecular flexibility index (Phi) is 3.26. The number of anilines is 1. The molecule has 0 unspecified atom stereocenters. The van der Waals surface area contributed by atoms with E-state index in [-0.39, 0.29) is 10.8 Å². The van der Waals surface area contributed by atoms with Crippen LogP contribution in [-0.2, 0) is 0 Å².